The molecule has 0 saturated carbocycles. The van der Waals surface area contributed by atoms with Gasteiger partial charge in [0.2, 0.25) is 11.8 Å². The summed E-state index contributed by atoms with van der Waals surface area (Å²) in [6.45, 7) is 5.94. The summed E-state index contributed by atoms with van der Waals surface area (Å²) in [5.74, 6) is 0.0919. The summed E-state index contributed by atoms with van der Waals surface area (Å²) >= 11 is 7.44. The van der Waals surface area contributed by atoms with Crippen LogP contribution in [0.1, 0.15) is 37.5 Å². The number of thioether (sulfide) groups is 1. The molecule has 3 rings (SSSR count). The Hall–Kier alpha value is -3.03. The van der Waals surface area contributed by atoms with Gasteiger partial charge in [0.15, 0.2) is 0 Å². The van der Waals surface area contributed by atoms with E-state index >= 15 is 0 Å². The van der Waals surface area contributed by atoms with Crippen LogP contribution < -0.4 is 10.1 Å². The van der Waals surface area contributed by atoms with E-state index in [1.807, 2.05) is 75.4 Å². The minimum Gasteiger partial charge on any atom is -0.497 e. The number of hydrogen-bond donors (Lipinski definition) is 1. The Bertz CT molecular complexity index is 1210. The maximum Gasteiger partial charge on any atom is 0.243 e. The number of nitrogens with zero attached hydrogens (tertiary/aromatic N) is 1. The molecule has 0 aliphatic rings. The minimum absolute atomic E-state index is 0.0583. The number of nitrogens with one attached hydrogen (secondary N) is 1. The Morgan fingerprint density at radius 2 is 1.71 bits per heavy atom. The third kappa shape index (κ3) is 8.77. The number of rotatable bonds is 11. The van der Waals surface area contributed by atoms with Crippen molar-refractivity contribution < 1.29 is 18.7 Å². The fourth-order valence-electron chi connectivity index (χ4n) is 3.97. The van der Waals surface area contributed by atoms with Gasteiger partial charge >= 0.3 is 0 Å². The van der Waals surface area contributed by atoms with Gasteiger partial charge in [0, 0.05) is 34.8 Å². The molecule has 0 fully saturated rings. The largest absolute Gasteiger partial charge is 0.497 e. The lowest BCUT2D eigenvalue weighted by Crippen LogP contribution is -2.54. The first-order chi connectivity index (χ1) is 18.1. The predicted molar refractivity (Wildman–Crippen MR) is 153 cm³/mol. The van der Waals surface area contributed by atoms with Crippen molar-refractivity contribution >= 4 is 35.2 Å². The standard InChI is InChI=1S/C30H34ClFN2O3S/c1-30(2,3)33-29(36)27(17-21-10-6-5-7-11-21)34(18-22-12-8-13-23(16-22)37-4)28(35)20-38-19-24-25(31)14-9-15-26(24)32/h5-16,27H,17-20H2,1-4H3,(H,33,36)/t27-/m0/s1. The van der Waals surface area contributed by atoms with Crippen LogP contribution in [-0.2, 0) is 28.3 Å². The van der Waals surface area contributed by atoms with Crippen LogP contribution in [0.25, 0.3) is 0 Å². The molecule has 3 aromatic carbocycles. The fourth-order valence-corrected chi connectivity index (χ4v) is 5.22. The topological polar surface area (TPSA) is 58.6 Å². The zero-order valence-corrected chi connectivity index (χ0v) is 23.7. The van der Waals surface area contributed by atoms with Crippen molar-refractivity contribution in [2.75, 3.05) is 12.9 Å². The second-order valence-corrected chi connectivity index (χ2v) is 11.4. The quantitative estimate of drug-likeness (QED) is 0.302. The number of amides is 2. The van der Waals surface area contributed by atoms with E-state index in [1.165, 1.54) is 17.8 Å². The van der Waals surface area contributed by atoms with Gasteiger partial charge in [0.1, 0.15) is 17.6 Å². The lowest BCUT2D eigenvalue weighted by atomic mass is 10.0. The molecule has 0 spiro atoms. The maximum atomic E-state index is 14.3. The Morgan fingerprint density at radius 3 is 2.37 bits per heavy atom. The molecule has 0 radical (unpaired) electrons. The second kappa shape index (κ2) is 13.7. The average molecular weight is 557 g/mol. The molecule has 0 aliphatic carbocycles. The Kier molecular flexibility index (Phi) is 10.6. The lowest BCUT2D eigenvalue weighted by Gasteiger charge is -2.34. The van der Waals surface area contributed by atoms with Crippen LogP contribution in [0.5, 0.6) is 5.75 Å². The van der Waals surface area contributed by atoms with E-state index in [9.17, 15) is 14.0 Å². The first kappa shape index (κ1) is 29.5. The number of hydrogen-bond acceptors (Lipinski definition) is 4. The molecule has 3 aromatic rings. The Morgan fingerprint density at radius 1 is 1.03 bits per heavy atom. The van der Waals surface area contributed by atoms with Crippen LogP contribution in [0.15, 0.2) is 72.8 Å². The lowest BCUT2D eigenvalue weighted by molar-refractivity contribution is -0.140. The van der Waals surface area contributed by atoms with Crippen molar-refractivity contribution in [3.8, 4) is 5.75 Å². The zero-order chi connectivity index (χ0) is 27.7. The van der Waals surface area contributed by atoms with Gasteiger partial charge in [-0.2, -0.15) is 0 Å². The summed E-state index contributed by atoms with van der Waals surface area (Å²) in [6.07, 6.45) is 0.349. The maximum absolute atomic E-state index is 14.3. The van der Waals surface area contributed by atoms with Crippen LogP contribution in [0.4, 0.5) is 4.39 Å². The van der Waals surface area contributed by atoms with E-state index in [2.05, 4.69) is 5.32 Å². The molecule has 5 nitrogen and oxygen atoms in total. The number of methoxy groups -OCH3 is 1. The SMILES string of the molecule is COc1cccc(CN(C(=O)CSCc2c(F)cccc2Cl)[C@@H](Cc2ccccc2)C(=O)NC(C)(C)C)c1. The van der Waals surface area contributed by atoms with Crippen molar-refractivity contribution in [1.29, 1.82) is 0 Å². The smallest absolute Gasteiger partial charge is 0.243 e. The molecule has 0 aromatic heterocycles. The number of carbonyl (C=O) groups is 2. The summed E-state index contributed by atoms with van der Waals surface area (Å²) in [5.41, 5.74) is 1.66. The highest BCUT2D eigenvalue weighted by molar-refractivity contribution is 7.99. The van der Waals surface area contributed by atoms with Crippen LogP contribution >= 0.6 is 23.4 Å². The van der Waals surface area contributed by atoms with Crippen LogP contribution in [-0.4, -0.2) is 41.2 Å². The molecular formula is C30H34ClFN2O3S. The van der Waals surface area contributed by atoms with E-state index in [-0.39, 0.29) is 29.9 Å². The van der Waals surface area contributed by atoms with Crippen molar-refractivity contribution in [3.05, 3.63) is 100 Å². The van der Waals surface area contributed by atoms with E-state index < -0.39 is 17.4 Å². The molecule has 0 saturated heterocycles. The molecule has 0 aliphatic heterocycles. The molecule has 1 atom stereocenters. The van der Waals surface area contributed by atoms with E-state index in [0.29, 0.717) is 22.8 Å². The molecule has 0 unspecified atom stereocenters. The highest BCUT2D eigenvalue weighted by Crippen LogP contribution is 2.25. The zero-order valence-electron chi connectivity index (χ0n) is 22.2. The fraction of sp³-hybridized carbons (Fsp3) is 0.333. The van der Waals surface area contributed by atoms with Crippen molar-refractivity contribution in [2.24, 2.45) is 0 Å². The van der Waals surface area contributed by atoms with Crippen LogP contribution in [0.2, 0.25) is 5.02 Å². The third-order valence-corrected chi connectivity index (χ3v) is 7.09. The molecule has 0 heterocycles. The number of halogens is 2. The van der Waals surface area contributed by atoms with Crippen molar-refractivity contribution in [2.45, 2.75) is 51.1 Å². The molecule has 38 heavy (non-hydrogen) atoms. The predicted octanol–water partition coefficient (Wildman–Crippen LogP) is 6.28. The minimum atomic E-state index is -0.757. The van der Waals surface area contributed by atoms with Gasteiger partial charge < -0.3 is 15.0 Å². The highest BCUT2D eigenvalue weighted by Gasteiger charge is 2.32. The normalized spacial score (nSPS) is 12.1. The molecule has 8 heteroatoms. The highest BCUT2D eigenvalue weighted by atomic mass is 35.5. The van der Waals surface area contributed by atoms with Gasteiger partial charge in [-0.3, -0.25) is 9.59 Å². The molecular weight excluding hydrogens is 523 g/mol. The van der Waals surface area contributed by atoms with Gasteiger partial charge in [0.25, 0.3) is 0 Å². The Labute approximate surface area is 233 Å². The average Bonchev–Trinajstić information content (AvgIpc) is 2.87. The first-order valence-corrected chi connectivity index (χ1v) is 13.9. The summed E-state index contributed by atoms with van der Waals surface area (Å²) < 4.78 is 19.6. The number of carbonyl (C=O) groups excluding carboxylic acids is 2. The molecule has 1 N–H and O–H groups in total. The van der Waals surface area contributed by atoms with E-state index in [0.717, 1.165) is 11.1 Å². The molecule has 202 valence electrons. The monoisotopic (exact) mass is 556 g/mol. The summed E-state index contributed by atoms with van der Waals surface area (Å²) in [4.78, 5) is 28.9. The number of benzene rings is 3. The summed E-state index contributed by atoms with van der Waals surface area (Å²) in [5, 5.41) is 3.37. The first-order valence-electron chi connectivity index (χ1n) is 12.4. The number of ether oxygens (including phenoxy) is 1. The summed E-state index contributed by atoms with van der Waals surface area (Å²) in [7, 11) is 1.58. The van der Waals surface area contributed by atoms with Gasteiger partial charge in [-0.05, 0) is 56.2 Å². The van der Waals surface area contributed by atoms with Crippen LogP contribution in [0, 0.1) is 5.82 Å². The van der Waals surface area contributed by atoms with E-state index in [1.54, 1.807) is 24.1 Å². The van der Waals surface area contributed by atoms with Gasteiger partial charge in [-0.25, -0.2) is 4.39 Å². The molecule has 2 amide bonds. The summed E-state index contributed by atoms with van der Waals surface area (Å²) in [6, 6.07) is 20.8. The van der Waals surface area contributed by atoms with Gasteiger partial charge in [-0.1, -0.05) is 60.1 Å². The second-order valence-electron chi connectivity index (χ2n) is 10.0. The van der Waals surface area contributed by atoms with Gasteiger partial charge in [-0.15, -0.1) is 11.8 Å². The van der Waals surface area contributed by atoms with Crippen molar-refractivity contribution in [1.82, 2.24) is 10.2 Å². The third-order valence-electron chi connectivity index (χ3n) is 5.79. The van der Waals surface area contributed by atoms with E-state index in [4.69, 9.17) is 16.3 Å². The van der Waals surface area contributed by atoms with Crippen LogP contribution in [0.3, 0.4) is 0 Å². The van der Waals surface area contributed by atoms with Crippen molar-refractivity contribution in [3.63, 3.8) is 0 Å². The molecule has 0 bridgehead atoms. The Balaban J connectivity index is 1.91. The van der Waals surface area contributed by atoms with Gasteiger partial charge in [0.05, 0.1) is 12.9 Å².